The standard InChI is InChI=1S/C24H15F4NO3/c25-17-10-6-14(7-11-17)20-19(21(30)15-4-2-1-3-5-15)22(31)23(32)29(20)18-12-8-16(9-13-18)24(26,27)28/h1-13,20,30H/b21-19+. The lowest BCUT2D eigenvalue weighted by Gasteiger charge is -2.25. The largest absolute Gasteiger partial charge is 0.507 e. The quantitative estimate of drug-likeness (QED) is 0.254. The Morgan fingerprint density at radius 1 is 0.844 bits per heavy atom. The van der Waals surface area contributed by atoms with Gasteiger partial charge in [0, 0.05) is 11.3 Å². The van der Waals surface area contributed by atoms with E-state index in [0.29, 0.717) is 5.56 Å². The van der Waals surface area contributed by atoms with E-state index in [1.54, 1.807) is 30.3 Å². The zero-order valence-electron chi connectivity index (χ0n) is 16.3. The van der Waals surface area contributed by atoms with Gasteiger partial charge in [-0.15, -0.1) is 0 Å². The van der Waals surface area contributed by atoms with Crippen LogP contribution < -0.4 is 4.90 Å². The van der Waals surface area contributed by atoms with Crippen molar-refractivity contribution in [1.82, 2.24) is 0 Å². The molecule has 8 heteroatoms. The highest BCUT2D eigenvalue weighted by Gasteiger charge is 2.47. The first-order valence-electron chi connectivity index (χ1n) is 9.47. The average molecular weight is 441 g/mol. The van der Waals surface area contributed by atoms with Crippen LogP contribution in [-0.2, 0) is 15.8 Å². The molecule has 1 N–H and O–H groups in total. The van der Waals surface area contributed by atoms with E-state index in [1.807, 2.05) is 0 Å². The van der Waals surface area contributed by atoms with Gasteiger partial charge in [-0.25, -0.2) is 4.39 Å². The van der Waals surface area contributed by atoms with Gasteiger partial charge in [0.2, 0.25) is 0 Å². The number of aliphatic hydroxyl groups is 1. The first kappa shape index (κ1) is 21.3. The van der Waals surface area contributed by atoms with Gasteiger partial charge in [-0.1, -0.05) is 42.5 Å². The summed E-state index contributed by atoms with van der Waals surface area (Å²) in [5.74, 6) is -3.01. The van der Waals surface area contributed by atoms with Gasteiger partial charge in [0.25, 0.3) is 11.7 Å². The van der Waals surface area contributed by atoms with Gasteiger partial charge in [0.05, 0.1) is 17.2 Å². The second kappa shape index (κ2) is 7.96. The molecule has 1 atom stereocenters. The van der Waals surface area contributed by atoms with Gasteiger partial charge >= 0.3 is 6.18 Å². The van der Waals surface area contributed by atoms with Crippen LogP contribution in [-0.4, -0.2) is 16.8 Å². The molecule has 1 aliphatic heterocycles. The fourth-order valence-corrected chi connectivity index (χ4v) is 3.62. The number of hydrogen-bond acceptors (Lipinski definition) is 3. The third kappa shape index (κ3) is 3.75. The second-order valence-electron chi connectivity index (χ2n) is 7.13. The van der Waals surface area contributed by atoms with Crippen LogP contribution in [0.5, 0.6) is 0 Å². The number of carbonyl (C=O) groups is 2. The summed E-state index contributed by atoms with van der Waals surface area (Å²) in [6.07, 6.45) is -4.57. The molecule has 0 aliphatic carbocycles. The Hall–Kier alpha value is -3.94. The highest BCUT2D eigenvalue weighted by Crippen LogP contribution is 2.42. The van der Waals surface area contributed by atoms with E-state index in [-0.39, 0.29) is 16.8 Å². The maximum atomic E-state index is 13.5. The van der Waals surface area contributed by atoms with Crippen molar-refractivity contribution in [2.75, 3.05) is 4.90 Å². The molecule has 0 radical (unpaired) electrons. The van der Waals surface area contributed by atoms with Crippen molar-refractivity contribution >= 4 is 23.1 Å². The molecule has 1 fully saturated rings. The number of ketones is 1. The van der Waals surface area contributed by atoms with Crippen LogP contribution >= 0.6 is 0 Å². The molecule has 3 aromatic carbocycles. The molecule has 1 saturated heterocycles. The fraction of sp³-hybridized carbons (Fsp3) is 0.0833. The Balaban J connectivity index is 1.90. The molecule has 3 aromatic rings. The summed E-state index contributed by atoms with van der Waals surface area (Å²) in [5.41, 5.74) is -0.539. The number of hydrogen-bond donors (Lipinski definition) is 1. The van der Waals surface area contributed by atoms with Gasteiger partial charge in [-0.2, -0.15) is 13.2 Å². The Morgan fingerprint density at radius 2 is 1.44 bits per heavy atom. The van der Waals surface area contributed by atoms with Crippen LogP contribution in [0.2, 0.25) is 0 Å². The van der Waals surface area contributed by atoms with Gasteiger partial charge in [-0.05, 0) is 42.0 Å². The Morgan fingerprint density at radius 3 is 2.00 bits per heavy atom. The lowest BCUT2D eigenvalue weighted by molar-refractivity contribution is -0.137. The number of carbonyl (C=O) groups excluding carboxylic acids is 2. The van der Waals surface area contributed by atoms with Crippen LogP contribution in [0, 0.1) is 5.82 Å². The third-order valence-electron chi connectivity index (χ3n) is 5.15. The van der Waals surface area contributed by atoms with Gasteiger partial charge in [0.1, 0.15) is 11.6 Å². The molecular formula is C24H15F4NO3. The summed E-state index contributed by atoms with van der Waals surface area (Å²) < 4.78 is 52.4. The van der Waals surface area contributed by atoms with Crippen molar-refractivity contribution in [3.05, 3.63) is 107 Å². The van der Waals surface area contributed by atoms with E-state index < -0.39 is 41.0 Å². The summed E-state index contributed by atoms with van der Waals surface area (Å²) in [6, 6.07) is 15.6. The predicted octanol–water partition coefficient (Wildman–Crippen LogP) is 5.47. The topological polar surface area (TPSA) is 57.6 Å². The van der Waals surface area contributed by atoms with Gasteiger partial charge in [-0.3, -0.25) is 14.5 Å². The summed E-state index contributed by atoms with van der Waals surface area (Å²) >= 11 is 0. The zero-order valence-corrected chi connectivity index (χ0v) is 16.3. The first-order valence-corrected chi connectivity index (χ1v) is 9.47. The Bertz CT molecular complexity index is 1200. The monoisotopic (exact) mass is 441 g/mol. The van der Waals surface area contributed by atoms with E-state index in [1.165, 1.54) is 12.1 Å². The summed E-state index contributed by atoms with van der Waals surface area (Å²) in [5, 5.41) is 10.9. The average Bonchev–Trinajstić information content (AvgIpc) is 3.04. The first-order chi connectivity index (χ1) is 15.2. The van der Waals surface area contributed by atoms with Crippen molar-refractivity contribution in [1.29, 1.82) is 0 Å². The van der Waals surface area contributed by atoms with Crippen molar-refractivity contribution in [2.45, 2.75) is 12.2 Å². The maximum absolute atomic E-state index is 13.5. The maximum Gasteiger partial charge on any atom is 0.416 e. The normalized spacial score (nSPS) is 18.2. The molecule has 4 nitrogen and oxygen atoms in total. The molecular weight excluding hydrogens is 426 g/mol. The number of halogens is 4. The SMILES string of the molecule is O=C1C(=O)N(c2ccc(C(F)(F)F)cc2)C(c2ccc(F)cc2)/C1=C(\O)c1ccccc1. The number of anilines is 1. The highest BCUT2D eigenvalue weighted by molar-refractivity contribution is 6.51. The molecule has 32 heavy (non-hydrogen) atoms. The van der Waals surface area contributed by atoms with Crippen LogP contribution in [0.3, 0.4) is 0 Å². The molecule has 0 saturated carbocycles. The van der Waals surface area contributed by atoms with E-state index in [4.69, 9.17) is 0 Å². The number of benzene rings is 3. The van der Waals surface area contributed by atoms with Crippen LogP contribution in [0.25, 0.3) is 5.76 Å². The van der Waals surface area contributed by atoms with Crippen LogP contribution in [0.4, 0.5) is 23.2 Å². The molecule has 1 unspecified atom stereocenters. The smallest absolute Gasteiger partial charge is 0.416 e. The fourth-order valence-electron chi connectivity index (χ4n) is 3.62. The molecule has 1 aliphatic rings. The van der Waals surface area contributed by atoms with E-state index in [0.717, 1.165) is 41.3 Å². The Labute approximate surface area is 180 Å². The highest BCUT2D eigenvalue weighted by atomic mass is 19.4. The molecule has 4 rings (SSSR count). The number of amides is 1. The van der Waals surface area contributed by atoms with E-state index >= 15 is 0 Å². The third-order valence-corrected chi connectivity index (χ3v) is 5.15. The second-order valence-corrected chi connectivity index (χ2v) is 7.13. The van der Waals surface area contributed by atoms with E-state index in [2.05, 4.69) is 0 Å². The summed E-state index contributed by atoms with van der Waals surface area (Å²) in [4.78, 5) is 26.8. The number of aliphatic hydroxyl groups excluding tert-OH is 1. The van der Waals surface area contributed by atoms with Crippen molar-refractivity contribution in [3.63, 3.8) is 0 Å². The summed E-state index contributed by atoms with van der Waals surface area (Å²) in [6.45, 7) is 0. The predicted molar refractivity (Wildman–Crippen MR) is 109 cm³/mol. The number of nitrogens with zero attached hydrogens (tertiary/aromatic N) is 1. The van der Waals surface area contributed by atoms with Crippen LogP contribution in [0.1, 0.15) is 22.7 Å². The molecule has 0 bridgehead atoms. The van der Waals surface area contributed by atoms with Crippen LogP contribution in [0.15, 0.2) is 84.4 Å². The summed E-state index contributed by atoms with van der Waals surface area (Å²) in [7, 11) is 0. The molecule has 162 valence electrons. The van der Waals surface area contributed by atoms with Crippen molar-refractivity contribution in [3.8, 4) is 0 Å². The lowest BCUT2D eigenvalue weighted by Crippen LogP contribution is -2.29. The minimum absolute atomic E-state index is 0.0292. The molecule has 0 aromatic heterocycles. The lowest BCUT2D eigenvalue weighted by atomic mass is 9.95. The Kier molecular flexibility index (Phi) is 5.30. The zero-order chi connectivity index (χ0) is 23.0. The molecule has 1 heterocycles. The molecule has 0 spiro atoms. The van der Waals surface area contributed by atoms with Crippen molar-refractivity contribution < 1.29 is 32.3 Å². The minimum Gasteiger partial charge on any atom is -0.507 e. The number of alkyl halides is 3. The number of rotatable bonds is 3. The van der Waals surface area contributed by atoms with Gasteiger partial charge < -0.3 is 5.11 Å². The van der Waals surface area contributed by atoms with Gasteiger partial charge in [0.15, 0.2) is 0 Å². The van der Waals surface area contributed by atoms with Crippen molar-refractivity contribution in [2.24, 2.45) is 0 Å². The number of Topliss-reactive ketones (excluding diaryl/α,β-unsaturated/α-hetero) is 1. The van der Waals surface area contributed by atoms with E-state index in [9.17, 15) is 32.3 Å². The molecule has 1 amide bonds. The minimum atomic E-state index is -4.57.